The number of hydrogen-bond acceptors (Lipinski definition) is 6. The van der Waals surface area contributed by atoms with Crippen molar-refractivity contribution in [3.05, 3.63) is 55.5 Å². The molecule has 0 saturated heterocycles. The van der Waals surface area contributed by atoms with Crippen molar-refractivity contribution >= 4 is 11.9 Å². The fourth-order valence-corrected chi connectivity index (χ4v) is 1.67. The van der Waals surface area contributed by atoms with Crippen molar-refractivity contribution in [2.75, 3.05) is 26.4 Å². The molecule has 0 aromatic heterocycles. The van der Waals surface area contributed by atoms with Crippen LogP contribution in [0.5, 0.6) is 0 Å². The largest absolute Gasteiger partial charge is 0.462 e. The Morgan fingerprint density at radius 2 is 1.04 bits per heavy atom. The van der Waals surface area contributed by atoms with Crippen molar-refractivity contribution in [3.63, 3.8) is 0 Å². The smallest absolute Gasteiger partial charge is 0.338 e. The van der Waals surface area contributed by atoms with Crippen LogP contribution in [-0.2, 0) is 9.47 Å². The number of carbonyl (C=O) groups is 2. The van der Waals surface area contributed by atoms with Gasteiger partial charge in [-0.05, 0) is 49.9 Å². The molecule has 161 valence electrons. The van der Waals surface area contributed by atoms with Crippen molar-refractivity contribution in [1.82, 2.24) is 0 Å². The fraction of sp³-hybridized carbons (Fsp3) is 0.500. The highest BCUT2D eigenvalue weighted by Crippen LogP contribution is 2.08. The molecule has 0 aliphatic heterocycles. The third-order valence-electron chi connectivity index (χ3n) is 2.93. The molecule has 1 aromatic rings. The number of aliphatic hydroxyl groups excluding tert-OH is 2. The van der Waals surface area contributed by atoms with Crippen molar-refractivity contribution < 1.29 is 29.3 Å². The maximum Gasteiger partial charge on any atom is 0.338 e. The van der Waals surface area contributed by atoms with Crippen LogP contribution in [0.25, 0.3) is 0 Å². The minimum Gasteiger partial charge on any atom is -0.462 e. The molecule has 1 rings (SSSR count). The predicted octanol–water partition coefficient (Wildman–Crippen LogP) is 4.21. The number of unbranched alkanes of at least 4 members (excludes halogenated alkanes) is 2. The summed E-state index contributed by atoms with van der Waals surface area (Å²) >= 11 is 0. The first-order chi connectivity index (χ1) is 13.7. The van der Waals surface area contributed by atoms with Gasteiger partial charge >= 0.3 is 11.9 Å². The van der Waals surface area contributed by atoms with Crippen LogP contribution in [-0.4, -0.2) is 48.6 Å². The van der Waals surface area contributed by atoms with Crippen LogP contribution in [0.1, 0.15) is 67.2 Å². The lowest BCUT2D eigenvalue weighted by Crippen LogP contribution is -2.09. The Morgan fingerprint density at radius 3 is 1.29 bits per heavy atom. The van der Waals surface area contributed by atoms with E-state index in [-0.39, 0.29) is 26.4 Å². The molecule has 1 radical (unpaired) electrons. The molecule has 6 nitrogen and oxygen atoms in total. The second-order valence-electron chi connectivity index (χ2n) is 4.71. The average Bonchev–Trinajstić information content (AvgIpc) is 2.78. The Morgan fingerprint density at radius 1 is 0.750 bits per heavy atom. The summed E-state index contributed by atoms with van der Waals surface area (Å²) < 4.78 is 10.1. The minimum atomic E-state index is -0.458. The molecule has 0 saturated carbocycles. The summed E-state index contributed by atoms with van der Waals surface area (Å²) in [5.41, 5.74) is 0.724. The Balaban J connectivity index is -0.000000946. The van der Waals surface area contributed by atoms with Gasteiger partial charge in [-0.25, -0.2) is 9.59 Å². The van der Waals surface area contributed by atoms with Crippen LogP contribution >= 0.6 is 0 Å². The van der Waals surface area contributed by atoms with E-state index in [1.54, 1.807) is 6.92 Å². The highest BCUT2D eigenvalue weighted by Gasteiger charge is 2.10. The molecule has 0 unspecified atom stereocenters. The minimum absolute atomic E-state index is 0.0761. The quantitative estimate of drug-likeness (QED) is 0.349. The molecule has 0 fully saturated rings. The Hall–Kier alpha value is -2.18. The number of ether oxygens (including phenoxy) is 2. The molecule has 2 N–H and O–H groups in total. The van der Waals surface area contributed by atoms with Crippen LogP contribution in [0.4, 0.5) is 0 Å². The van der Waals surface area contributed by atoms with Gasteiger partial charge in [0.2, 0.25) is 0 Å². The lowest BCUT2D eigenvalue weighted by molar-refractivity contribution is 0.0478. The zero-order chi connectivity index (χ0) is 22.2. The van der Waals surface area contributed by atoms with E-state index in [0.29, 0.717) is 36.8 Å². The van der Waals surface area contributed by atoms with Gasteiger partial charge in [-0.3, -0.25) is 0 Å². The van der Waals surface area contributed by atoms with Crippen LogP contribution in [0.2, 0.25) is 0 Å². The van der Waals surface area contributed by atoms with Gasteiger partial charge in [-0.15, -0.1) is 13.2 Å². The average molecular weight is 398 g/mol. The number of hydrogen-bond donors (Lipinski definition) is 2. The maximum atomic E-state index is 11.7. The van der Waals surface area contributed by atoms with Crippen LogP contribution in [0.15, 0.2) is 37.4 Å². The predicted molar refractivity (Wildman–Crippen MR) is 113 cm³/mol. The molecule has 0 bridgehead atoms. The molecule has 0 amide bonds. The van der Waals surface area contributed by atoms with E-state index in [0.717, 1.165) is 0 Å². The molecular weight excluding hydrogens is 360 g/mol. The lowest BCUT2D eigenvalue weighted by atomic mass is 10.1. The van der Waals surface area contributed by atoms with Crippen molar-refractivity contribution in [2.45, 2.75) is 46.5 Å². The van der Waals surface area contributed by atoms with Crippen molar-refractivity contribution in [2.24, 2.45) is 0 Å². The normalized spacial score (nSPS) is 8.64. The molecule has 0 heterocycles. The van der Waals surface area contributed by atoms with E-state index in [1.165, 1.54) is 24.3 Å². The lowest BCUT2D eigenvalue weighted by Gasteiger charge is -2.06. The maximum absolute atomic E-state index is 11.7. The van der Waals surface area contributed by atoms with Gasteiger partial charge in [0.25, 0.3) is 0 Å². The summed E-state index contributed by atoms with van der Waals surface area (Å²) in [4.78, 5) is 23.4. The molecule has 6 heteroatoms. The zero-order valence-corrected chi connectivity index (χ0v) is 17.6. The van der Waals surface area contributed by atoms with Gasteiger partial charge in [0.05, 0.1) is 24.3 Å². The summed E-state index contributed by atoms with van der Waals surface area (Å²) in [7, 11) is 0. The third-order valence-corrected chi connectivity index (χ3v) is 2.93. The van der Waals surface area contributed by atoms with Crippen molar-refractivity contribution in [3.8, 4) is 0 Å². The van der Waals surface area contributed by atoms with E-state index >= 15 is 0 Å². The number of aliphatic hydroxyl groups is 2. The Labute approximate surface area is 170 Å². The first-order valence-electron chi connectivity index (χ1n) is 9.55. The van der Waals surface area contributed by atoms with Gasteiger partial charge in [0.15, 0.2) is 0 Å². The van der Waals surface area contributed by atoms with E-state index in [9.17, 15) is 9.59 Å². The van der Waals surface area contributed by atoms with Gasteiger partial charge < -0.3 is 19.7 Å². The molecule has 0 aliphatic rings. The Kier molecular flexibility index (Phi) is 27.1. The summed E-state index contributed by atoms with van der Waals surface area (Å²) in [6.45, 7) is 15.7. The topological polar surface area (TPSA) is 93.1 Å². The number of esters is 2. The van der Waals surface area contributed by atoms with E-state index in [1.807, 2.05) is 13.8 Å². The van der Waals surface area contributed by atoms with Crippen LogP contribution in [0, 0.1) is 6.92 Å². The Bertz CT molecular complexity index is 427. The monoisotopic (exact) mass is 397 g/mol. The highest BCUT2D eigenvalue weighted by atomic mass is 16.5. The molecule has 0 aliphatic carbocycles. The van der Waals surface area contributed by atoms with E-state index in [4.69, 9.17) is 19.7 Å². The SMILES string of the molecule is C=C.CC.O=C(OCCCCO)c1ccc(C(=O)OCCCCO)cc1.[CH2]C. The van der Waals surface area contributed by atoms with Crippen molar-refractivity contribution in [1.29, 1.82) is 0 Å². The molecule has 1 aromatic carbocycles. The summed E-state index contributed by atoms with van der Waals surface area (Å²) in [6, 6.07) is 6.05. The van der Waals surface area contributed by atoms with E-state index < -0.39 is 11.9 Å². The molecular formula is C22H37O6. The summed E-state index contributed by atoms with van der Waals surface area (Å²) in [5.74, 6) is -0.915. The number of carbonyl (C=O) groups excluding carboxylic acids is 2. The second kappa shape index (κ2) is 24.8. The second-order valence-corrected chi connectivity index (χ2v) is 4.71. The highest BCUT2D eigenvalue weighted by molar-refractivity contribution is 5.93. The zero-order valence-electron chi connectivity index (χ0n) is 17.6. The van der Waals surface area contributed by atoms with Gasteiger partial charge in [0, 0.05) is 13.2 Å². The standard InChI is InChI=1S/C16H22O6.C2H6.C2H5.C2H4/c17-9-1-3-11-21-15(19)13-5-7-14(8-6-13)16(20)22-12-4-2-10-18;3*1-2/h5-8,17-18H,1-4,9-12H2;1-2H3;1H2,2H3;1-2H2. The summed E-state index contributed by atoms with van der Waals surface area (Å²) in [6.07, 6.45) is 2.41. The van der Waals surface area contributed by atoms with Gasteiger partial charge in [-0.2, -0.15) is 0 Å². The first kappa shape index (κ1) is 30.5. The van der Waals surface area contributed by atoms with Gasteiger partial charge in [-0.1, -0.05) is 27.7 Å². The number of benzene rings is 1. The number of rotatable bonds is 10. The third kappa shape index (κ3) is 16.0. The van der Waals surface area contributed by atoms with Crippen LogP contribution in [0.3, 0.4) is 0 Å². The van der Waals surface area contributed by atoms with Gasteiger partial charge in [0.1, 0.15) is 0 Å². The fourth-order valence-electron chi connectivity index (χ4n) is 1.67. The summed E-state index contributed by atoms with van der Waals surface area (Å²) in [5, 5.41) is 17.3. The molecule has 0 atom stereocenters. The first-order valence-corrected chi connectivity index (χ1v) is 9.55. The van der Waals surface area contributed by atoms with Crippen LogP contribution < -0.4 is 0 Å². The van der Waals surface area contributed by atoms with E-state index in [2.05, 4.69) is 20.1 Å². The molecule has 28 heavy (non-hydrogen) atoms. The molecule has 0 spiro atoms.